The fourth-order valence-electron chi connectivity index (χ4n) is 1.25. The summed E-state index contributed by atoms with van der Waals surface area (Å²) in [6, 6.07) is 0. The van der Waals surface area contributed by atoms with Crippen LogP contribution in [0.25, 0.3) is 0 Å². The van der Waals surface area contributed by atoms with Crippen LogP contribution in [0.1, 0.15) is 38.3 Å². The van der Waals surface area contributed by atoms with Crippen LogP contribution in [0.2, 0.25) is 0 Å². The Balaban J connectivity index is 2.71. The number of tetrazole rings is 1. The monoisotopic (exact) mass is 255 g/mol. The molecule has 1 aromatic rings. The van der Waals surface area contributed by atoms with Gasteiger partial charge in [-0.25, -0.2) is 9.48 Å². The van der Waals surface area contributed by atoms with Gasteiger partial charge >= 0.3 is 5.97 Å². The van der Waals surface area contributed by atoms with Gasteiger partial charge in [0, 0.05) is 5.54 Å². The molecule has 0 aliphatic carbocycles. The molecule has 100 valence electrons. The lowest BCUT2D eigenvalue weighted by Crippen LogP contribution is -2.42. The third-order valence-corrected chi connectivity index (χ3v) is 1.80. The van der Waals surface area contributed by atoms with Crippen molar-refractivity contribution in [1.29, 1.82) is 0 Å². The molecule has 0 unspecified atom stereocenters. The van der Waals surface area contributed by atoms with Crippen molar-refractivity contribution >= 4 is 11.9 Å². The Labute approximate surface area is 105 Å². The average Bonchev–Trinajstić information content (AvgIpc) is 2.62. The molecule has 0 saturated heterocycles. The van der Waals surface area contributed by atoms with Gasteiger partial charge in [-0.3, -0.25) is 4.79 Å². The second kappa shape index (κ2) is 5.56. The number of rotatable bonds is 4. The maximum absolute atomic E-state index is 11.7. The van der Waals surface area contributed by atoms with Crippen LogP contribution in [-0.2, 0) is 16.1 Å². The number of esters is 1. The van der Waals surface area contributed by atoms with Crippen LogP contribution >= 0.6 is 0 Å². The summed E-state index contributed by atoms with van der Waals surface area (Å²) in [6.45, 7) is 7.35. The van der Waals surface area contributed by atoms with Crippen LogP contribution in [0, 0.1) is 0 Å². The van der Waals surface area contributed by atoms with Crippen LogP contribution in [0.4, 0.5) is 0 Å². The summed E-state index contributed by atoms with van der Waals surface area (Å²) in [4.78, 5) is 23.2. The van der Waals surface area contributed by atoms with Gasteiger partial charge in [0.15, 0.2) is 0 Å². The van der Waals surface area contributed by atoms with Crippen molar-refractivity contribution in [1.82, 2.24) is 25.5 Å². The van der Waals surface area contributed by atoms with Crippen LogP contribution in [-0.4, -0.2) is 44.2 Å². The number of nitrogens with one attached hydrogen (secondary N) is 1. The third-order valence-electron chi connectivity index (χ3n) is 1.80. The fraction of sp³-hybridized carbons (Fsp3) is 0.700. The standard InChI is InChI=1S/C10H17N5O3/c1-5-18-9(17)8-12-13-14-15(8)6-7(16)11-10(2,3)4/h5-6H2,1-4H3,(H,11,16). The molecule has 8 nitrogen and oxygen atoms in total. The van der Waals surface area contributed by atoms with Gasteiger partial charge in [-0.1, -0.05) is 0 Å². The van der Waals surface area contributed by atoms with Gasteiger partial charge in [-0.15, -0.1) is 5.10 Å². The highest BCUT2D eigenvalue weighted by Gasteiger charge is 2.20. The van der Waals surface area contributed by atoms with E-state index >= 15 is 0 Å². The number of aromatic nitrogens is 4. The summed E-state index contributed by atoms with van der Waals surface area (Å²) in [7, 11) is 0. The predicted molar refractivity (Wildman–Crippen MR) is 61.7 cm³/mol. The molecule has 0 saturated carbocycles. The summed E-state index contributed by atoms with van der Waals surface area (Å²) < 4.78 is 5.89. The number of nitrogens with zero attached hydrogens (tertiary/aromatic N) is 4. The van der Waals surface area contributed by atoms with Crippen LogP contribution < -0.4 is 5.32 Å². The molecular weight excluding hydrogens is 238 g/mol. The summed E-state index contributed by atoms with van der Waals surface area (Å²) in [5, 5.41) is 13.2. The lowest BCUT2D eigenvalue weighted by molar-refractivity contribution is -0.123. The van der Waals surface area contributed by atoms with E-state index < -0.39 is 5.97 Å². The summed E-state index contributed by atoms with van der Waals surface area (Å²) in [6.07, 6.45) is 0. The van der Waals surface area contributed by atoms with E-state index in [1.54, 1.807) is 6.92 Å². The molecule has 1 N–H and O–H groups in total. The van der Waals surface area contributed by atoms with Gasteiger partial charge in [0.1, 0.15) is 6.54 Å². The number of hydrogen-bond donors (Lipinski definition) is 1. The van der Waals surface area contributed by atoms with Crippen molar-refractivity contribution in [2.75, 3.05) is 6.61 Å². The Hall–Kier alpha value is -1.99. The van der Waals surface area contributed by atoms with Crippen LogP contribution in [0.3, 0.4) is 0 Å². The zero-order valence-corrected chi connectivity index (χ0v) is 10.9. The zero-order chi connectivity index (χ0) is 13.8. The number of amides is 1. The fourth-order valence-corrected chi connectivity index (χ4v) is 1.25. The average molecular weight is 255 g/mol. The lowest BCUT2D eigenvalue weighted by atomic mass is 10.1. The maximum atomic E-state index is 11.7. The summed E-state index contributed by atoms with van der Waals surface area (Å²) in [5.74, 6) is -1.01. The highest BCUT2D eigenvalue weighted by Crippen LogP contribution is 2.00. The van der Waals surface area contributed by atoms with Gasteiger partial charge in [0.25, 0.3) is 5.82 Å². The van der Waals surface area contributed by atoms with E-state index in [-0.39, 0.29) is 30.4 Å². The van der Waals surface area contributed by atoms with E-state index in [0.29, 0.717) is 0 Å². The number of ether oxygens (including phenoxy) is 1. The van der Waals surface area contributed by atoms with Gasteiger partial charge in [0.2, 0.25) is 5.91 Å². The molecule has 1 amide bonds. The largest absolute Gasteiger partial charge is 0.460 e. The van der Waals surface area contributed by atoms with Crippen molar-refractivity contribution in [3.05, 3.63) is 5.82 Å². The summed E-state index contributed by atoms with van der Waals surface area (Å²) in [5.41, 5.74) is -0.352. The minimum atomic E-state index is -0.647. The first-order chi connectivity index (χ1) is 8.33. The molecule has 0 radical (unpaired) electrons. The molecule has 1 rings (SSSR count). The summed E-state index contributed by atoms with van der Waals surface area (Å²) >= 11 is 0. The zero-order valence-electron chi connectivity index (χ0n) is 10.9. The molecule has 0 bridgehead atoms. The molecule has 8 heteroatoms. The van der Waals surface area contributed by atoms with Crippen LogP contribution in [0.5, 0.6) is 0 Å². The highest BCUT2D eigenvalue weighted by molar-refractivity contribution is 5.86. The third kappa shape index (κ3) is 4.11. The Morgan fingerprint density at radius 2 is 2.06 bits per heavy atom. The van der Waals surface area contributed by atoms with Gasteiger partial charge < -0.3 is 10.1 Å². The number of carbonyl (C=O) groups excluding carboxylic acids is 2. The molecule has 0 fully saturated rings. The predicted octanol–water partition coefficient (Wildman–Crippen LogP) is -0.236. The molecule has 0 aromatic carbocycles. The molecular formula is C10H17N5O3. The minimum absolute atomic E-state index is 0.0825. The van der Waals surface area contributed by atoms with Crippen molar-refractivity contribution in [2.24, 2.45) is 0 Å². The van der Waals surface area contributed by atoms with Gasteiger partial charge in [0.05, 0.1) is 6.61 Å². The van der Waals surface area contributed by atoms with Crippen molar-refractivity contribution in [2.45, 2.75) is 39.8 Å². The van der Waals surface area contributed by atoms with E-state index in [9.17, 15) is 9.59 Å². The Kier molecular flexibility index (Phi) is 4.35. The molecule has 0 aliphatic rings. The van der Waals surface area contributed by atoms with E-state index in [1.807, 2.05) is 20.8 Å². The van der Waals surface area contributed by atoms with E-state index in [0.717, 1.165) is 4.68 Å². The first kappa shape index (κ1) is 14.1. The first-order valence-corrected chi connectivity index (χ1v) is 5.58. The maximum Gasteiger partial charge on any atom is 0.378 e. The number of carbonyl (C=O) groups is 2. The normalized spacial score (nSPS) is 11.1. The van der Waals surface area contributed by atoms with E-state index in [1.165, 1.54) is 0 Å². The Morgan fingerprint density at radius 3 is 2.61 bits per heavy atom. The van der Waals surface area contributed by atoms with E-state index in [2.05, 4.69) is 20.8 Å². The second-order valence-electron chi connectivity index (χ2n) is 4.68. The Morgan fingerprint density at radius 1 is 1.39 bits per heavy atom. The van der Waals surface area contributed by atoms with Gasteiger partial charge in [-0.05, 0) is 38.1 Å². The van der Waals surface area contributed by atoms with Gasteiger partial charge in [-0.2, -0.15) is 0 Å². The Bertz CT molecular complexity index is 435. The molecule has 0 spiro atoms. The molecule has 0 aliphatic heterocycles. The molecule has 18 heavy (non-hydrogen) atoms. The van der Waals surface area contributed by atoms with Crippen LogP contribution in [0.15, 0.2) is 0 Å². The van der Waals surface area contributed by atoms with Crippen molar-refractivity contribution in [3.63, 3.8) is 0 Å². The minimum Gasteiger partial charge on any atom is -0.460 e. The van der Waals surface area contributed by atoms with Crippen molar-refractivity contribution in [3.8, 4) is 0 Å². The quantitative estimate of drug-likeness (QED) is 0.746. The van der Waals surface area contributed by atoms with Crippen molar-refractivity contribution < 1.29 is 14.3 Å². The first-order valence-electron chi connectivity index (χ1n) is 5.58. The SMILES string of the molecule is CCOC(=O)c1nnnn1CC(=O)NC(C)(C)C. The lowest BCUT2D eigenvalue weighted by Gasteiger charge is -2.20. The topological polar surface area (TPSA) is 99.0 Å². The molecule has 1 aromatic heterocycles. The molecule has 1 heterocycles. The number of hydrogen-bond acceptors (Lipinski definition) is 6. The second-order valence-corrected chi connectivity index (χ2v) is 4.68. The highest BCUT2D eigenvalue weighted by atomic mass is 16.5. The molecule has 0 atom stereocenters. The van der Waals surface area contributed by atoms with E-state index in [4.69, 9.17) is 4.74 Å². The smallest absolute Gasteiger partial charge is 0.378 e.